The van der Waals surface area contributed by atoms with E-state index in [1.807, 2.05) is 30.0 Å². The standard InChI is InChI=1S/C23H23FN2O2/c1-2-22(28)26-12-11-18-21(14-27)25-20-10-7-16(13-19(20)23(18)26)4-3-15-5-8-17(24)9-6-15/h5-10,13,18,21,23,25,27H,2,11-12,14H2,1H3/t18-,21-,23-/m0/s1. The van der Waals surface area contributed by atoms with E-state index in [2.05, 4.69) is 17.2 Å². The first-order valence-electron chi connectivity index (χ1n) is 9.69. The van der Waals surface area contributed by atoms with Crippen molar-refractivity contribution in [3.05, 3.63) is 65.0 Å². The Morgan fingerprint density at radius 1 is 1.21 bits per heavy atom. The molecule has 0 bridgehead atoms. The Morgan fingerprint density at radius 3 is 2.64 bits per heavy atom. The average molecular weight is 378 g/mol. The van der Waals surface area contributed by atoms with E-state index in [1.165, 1.54) is 12.1 Å². The van der Waals surface area contributed by atoms with Crippen molar-refractivity contribution in [1.82, 2.24) is 4.90 Å². The van der Waals surface area contributed by atoms with Crippen molar-refractivity contribution in [3.63, 3.8) is 0 Å². The molecule has 28 heavy (non-hydrogen) atoms. The summed E-state index contributed by atoms with van der Waals surface area (Å²) in [4.78, 5) is 14.4. The number of aliphatic hydroxyl groups is 1. The lowest BCUT2D eigenvalue weighted by molar-refractivity contribution is -0.132. The number of likely N-dealkylation sites (tertiary alicyclic amines) is 1. The Kier molecular flexibility index (Phi) is 5.06. The van der Waals surface area contributed by atoms with Crippen molar-refractivity contribution in [2.24, 2.45) is 5.92 Å². The molecular formula is C23H23FN2O2. The second-order valence-corrected chi connectivity index (χ2v) is 7.33. The number of anilines is 1. The molecule has 0 radical (unpaired) electrons. The third kappa shape index (κ3) is 3.36. The van der Waals surface area contributed by atoms with Gasteiger partial charge in [0, 0.05) is 35.7 Å². The van der Waals surface area contributed by atoms with Gasteiger partial charge >= 0.3 is 0 Å². The van der Waals surface area contributed by atoms with Crippen LogP contribution >= 0.6 is 0 Å². The molecule has 2 aromatic rings. The van der Waals surface area contributed by atoms with E-state index < -0.39 is 0 Å². The SMILES string of the molecule is CCC(=O)N1CC[C@H]2[C@H](CO)Nc3ccc(C#Cc4ccc(F)cc4)cc3[C@H]21. The first-order valence-corrected chi connectivity index (χ1v) is 9.69. The van der Waals surface area contributed by atoms with Crippen molar-refractivity contribution in [1.29, 1.82) is 0 Å². The van der Waals surface area contributed by atoms with Crippen molar-refractivity contribution in [3.8, 4) is 11.8 Å². The molecule has 2 heterocycles. The summed E-state index contributed by atoms with van der Waals surface area (Å²) in [7, 11) is 0. The van der Waals surface area contributed by atoms with Crippen molar-refractivity contribution >= 4 is 11.6 Å². The molecule has 0 unspecified atom stereocenters. The van der Waals surface area contributed by atoms with E-state index in [4.69, 9.17) is 0 Å². The minimum absolute atomic E-state index is 0.0339. The van der Waals surface area contributed by atoms with Crippen LogP contribution in [-0.4, -0.2) is 35.1 Å². The maximum atomic E-state index is 13.0. The van der Waals surface area contributed by atoms with Gasteiger partial charge in [0.2, 0.25) is 5.91 Å². The maximum absolute atomic E-state index is 13.0. The summed E-state index contributed by atoms with van der Waals surface area (Å²) in [5.74, 6) is 6.25. The van der Waals surface area contributed by atoms with E-state index in [9.17, 15) is 14.3 Å². The van der Waals surface area contributed by atoms with Gasteiger partial charge in [-0.25, -0.2) is 4.39 Å². The van der Waals surface area contributed by atoms with Crippen LogP contribution in [0, 0.1) is 23.6 Å². The van der Waals surface area contributed by atoms with E-state index in [-0.39, 0.29) is 36.3 Å². The first-order chi connectivity index (χ1) is 13.6. The lowest BCUT2D eigenvalue weighted by Gasteiger charge is -2.39. The Balaban J connectivity index is 1.70. The highest BCUT2D eigenvalue weighted by Crippen LogP contribution is 2.46. The van der Waals surface area contributed by atoms with E-state index >= 15 is 0 Å². The largest absolute Gasteiger partial charge is 0.394 e. The number of aliphatic hydroxyl groups excluding tert-OH is 1. The summed E-state index contributed by atoms with van der Waals surface area (Å²) >= 11 is 0. The molecule has 0 spiro atoms. The van der Waals surface area contributed by atoms with E-state index in [0.29, 0.717) is 13.0 Å². The number of amides is 1. The van der Waals surface area contributed by atoms with E-state index in [1.54, 1.807) is 12.1 Å². The highest BCUT2D eigenvalue weighted by molar-refractivity contribution is 5.77. The second-order valence-electron chi connectivity index (χ2n) is 7.33. The summed E-state index contributed by atoms with van der Waals surface area (Å²) in [6, 6.07) is 11.9. The predicted molar refractivity (Wildman–Crippen MR) is 106 cm³/mol. The van der Waals surface area contributed by atoms with Gasteiger partial charge in [-0.3, -0.25) is 4.79 Å². The predicted octanol–water partition coefficient (Wildman–Crippen LogP) is 3.31. The smallest absolute Gasteiger partial charge is 0.222 e. The van der Waals surface area contributed by atoms with Crippen LogP contribution in [0.1, 0.15) is 42.5 Å². The molecular weight excluding hydrogens is 355 g/mol. The van der Waals surface area contributed by atoms with Crippen LogP contribution < -0.4 is 5.32 Å². The number of hydrogen-bond donors (Lipinski definition) is 2. The van der Waals surface area contributed by atoms with Gasteiger partial charge in [0.1, 0.15) is 5.82 Å². The molecule has 2 aliphatic rings. The number of fused-ring (bicyclic) bond motifs is 3. The highest BCUT2D eigenvalue weighted by Gasteiger charge is 2.45. The van der Waals surface area contributed by atoms with Gasteiger partial charge in [-0.1, -0.05) is 18.8 Å². The molecule has 0 aliphatic carbocycles. The minimum Gasteiger partial charge on any atom is -0.394 e. The van der Waals surface area contributed by atoms with Gasteiger partial charge in [0.15, 0.2) is 0 Å². The van der Waals surface area contributed by atoms with Gasteiger partial charge in [-0.05, 0) is 54.4 Å². The van der Waals surface area contributed by atoms with Crippen molar-refractivity contribution in [2.75, 3.05) is 18.5 Å². The van der Waals surface area contributed by atoms with Gasteiger partial charge in [-0.15, -0.1) is 0 Å². The number of benzene rings is 2. The number of nitrogens with zero attached hydrogens (tertiary/aromatic N) is 1. The highest BCUT2D eigenvalue weighted by atomic mass is 19.1. The first kappa shape index (κ1) is 18.5. The Morgan fingerprint density at radius 2 is 1.93 bits per heavy atom. The fourth-order valence-electron chi connectivity index (χ4n) is 4.30. The molecule has 0 aromatic heterocycles. The molecule has 4 nitrogen and oxygen atoms in total. The van der Waals surface area contributed by atoms with Crippen LogP contribution in [0.4, 0.5) is 10.1 Å². The zero-order valence-corrected chi connectivity index (χ0v) is 15.8. The van der Waals surface area contributed by atoms with Gasteiger partial charge in [0.05, 0.1) is 18.7 Å². The Bertz CT molecular complexity index is 945. The van der Waals surface area contributed by atoms with Crippen molar-refractivity contribution < 1.29 is 14.3 Å². The van der Waals surface area contributed by atoms with E-state index in [0.717, 1.165) is 28.8 Å². The molecule has 3 atom stereocenters. The third-order valence-corrected chi connectivity index (χ3v) is 5.69. The molecule has 2 N–H and O–H groups in total. The average Bonchev–Trinajstić information content (AvgIpc) is 3.17. The number of rotatable bonds is 2. The molecule has 2 aromatic carbocycles. The van der Waals surface area contributed by atoms with Crippen LogP contribution in [0.3, 0.4) is 0 Å². The quantitative estimate of drug-likeness (QED) is 0.789. The summed E-state index contributed by atoms with van der Waals surface area (Å²) in [5.41, 5.74) is 3.60. The van der Waals surface area contributed by atoms with Crippen molar-refractivity contribution in [2.45, 2.75) is 31.8 Å². The number of carbonyl (C=O) groups excluding carboxylic acids is 1. The summed E-state index contributed by atoms with van der Waals surface area (Å²) in [6.45, 7) is 2.64. The Labute approximate surface area is 164 Å². The van der Waals surface area contributed by atoms with Crippen LogP contribution in [0.2, 0.25) is 0 Å². The zero-order valence-electron chi connectivity index (χ0n) is 15.8. The number of hydrogen-bond acceptors (Lipinski definition) is 3. The fraction of sp³-hybridized carbons (Fsp3) is 0.348. The molecule has 1 fully saturated rings. The second kappa shape index (κ2) is 7.65. The van der Waals surface area contributed by atoms with Gasteiger partial charge < -0.3 is 15.3 Å². The van der Waals surface area contributed by atoms with Gasteiger partial charge in [0.25, 0.3) is 0 Å². The van der Waals surface area contributed by atoms with Crippen LogP contribution in [0.15, 0.2) is 42.5 Å². The number of nitrogens with one attached hydrogen (secondary N) is 1. The monoisotopic (exact) mass is 378 g/mol. The molecule has 0 saturated carbocycles. The topological polar surface area (TPSA) is 52.6 Å². The van der Waals surface area contributed by atoms with Gasteiger partial charge in [-0.2, -0.15) is 0 Å². The van der Waals surface area contributed by atoms with Crippen LogP contribution in [0.25, 0.3) is 0 Å². The zero-order chi connectivity index (χ0) is 19.7. The lowest BCUT2D eigenvalue weighted by Crippen LogP contribution is -2.42. The summed E-state index contributed by atoms with van der Waals surface area (Å²) in [6.07, 6.45) is 1.35. The van der Waals surface area contributed by atoms with Crippen LogP contribution in [-0.2, 0) is 4.79 Å². The minimum atomic E-state index is -0.281. The fourth-order valence-corrected chi connectivity index (χ4v) is 4.30. The maximum Gasteiger partial charge on any atom is 0.222 e. The van der Waals surface area contributed by atoms with Crippen LogP contribution in [0.5, 0.6) is 0 Å². The Hall–Kier alpha value is -2.84. The number of halogens is 1. The molecule has 5 heteroatoms. The normalized spacial score (nSPS) is 22.5. The lowest BCUT2D eigenvalue weighted by atomic mass is 9.82. The molecule has 144 valence electrons. The number of carbonyl (C=O) groups is 1. The summed E-state index contributed by atoms with van der Waals surface area (Å²) in [5, 5.41) is 13.2. The molecule has 1 saturated heterocycles. The molecule has 2 aliphatic heterocycles. The summed E-state index contributed by atoms with van der Waals surface area (Å²) < 4.78 is 13.0. The molecule has 1 amide bonds. The third-order valence-electron chi connectivity index (χ3n) is 5.69. The molecule has 4 rings (SSSR count).